The van der Waals surface area contributed by atoms with Gasteiger partial charge >= 0.3 is 0 Å². The Morgan fingerprint density at radius 2 is 2.33 bits per heavy atom. The van der Waals surface area contributed by atoms with Crippen molar-refractivity contribution in [1.82, 2.24) is 0 Å². The van der Waals surface area contributed by atoms with Crippen LogP contribution in [0.2, 0.25) is 0 Å². The highest BCUT2D eigenvalue weighted by molar-refractivity contribution is 5.91. The first-order valence-electron chi connectivity index (χ1n) is 5.73. The molecule has 1 amide bonds. The lowest BCUT2D eigenvalue weighted by Crippen LogP contribution is -2.18. The number of nitrogens with zero attached hydrogens (tertiary/aromatic N) is 1. The van der Waals surface area contributed by atoms with Crippen molar-refractivity contribution in [2.75, 3.05) is 25.1 Å². The third kappa shape index (κ3) is 5.32. The minimum atomic E-state index is -0.208. The van der Waals surface area contributed by atoms with Crippen LogP contribution >= 0.6 is 0 Å². The van der Waals surface area contributed by atoms with E-state index in [-0.39, 0.29) is 19.1 Å². The molecule has 1 rings (SSSR count). The summed E-state index contributed by atoms with van der Waals surface area (Å²) in [5.41, 5.74) is 0.621. The normalized spacial score (nSPS) is 9.56. The van der Waals surface area contributed by atoms with Gasteiger partial charge in [0.2, 0.25) is 5.91 Å². The highest BCUT2D eigenvalue weighted by Crippen LogP contribution is 2.17. The lowest BCUT2D eigenvalue weighted by atomic mass is 10.3. The van der Waals surface area contributed by atoms with Crippen LogP contribution in [0, 0.1) is 11.3 Å². The molecule has 0 heterocycles. The summed E-state index contributed by atoms with van der Waals surface area (Å²) in [5.74, 6) is 0.338. The van der Waals surface area contributed by atoms with E-state index in [2.05, 4.69) is 5.32 Å². The van der Waals surface area contributed by atoms with Crippen molar-refractivity contribution in [3.05, 3.63) is 24.3 Å². The Kier molecular flexibility index (Phi) is 6.30. The van der Waals surface area contributed by atoms with Gasteiger partial charge in [0.05, 0.1) is 0 Å². The fourth-order valence-corrected chi connectivity index (χ4v) is 1.29. The third-order valence-electron chi connectivity index (χ3n) is 2.00. The lowest BCUT2D eigenvalue weighted by Gasteiger charge is -2.07. The van der Waals surface area contributed by atoms with Crippen LogP contribution in [0.25, 0.3) is 0 Å². The molecule has 1 aromatic carbocycles. The number of hydrogen-bond donors (Lipinski definition) is 1. The Morgan fingerprint density at radius 3 is 3.06 bits per heavy atom. The minimum Gasteiger partial charge on any atom is -0.479 e. The molecule has 96 valence electrons. The second kappa shape index (κ2) is 8.09. The topological polar surface area (TPSA) is 71.3 Å². The second-order valence-electron chi connectivity index (χ2n) is 3.58. The molecule has 5 nitrogen and oxygen atoms in total. The van der Waals surface area contributed by atoms with E-state index in [1.165, 1.54) is 0 Å². The van der Waals surface area contributed by atoms with Crippen LogP contribution in [0.4, 0.5) is 5.69 Å². The monoisotopic (exact) mass is 248 g/mol. The van der Waals surface area contributed by atoms with Gasteiger partial charge in [-0.25, -0.2) is 0 Å². The minimum absolute atomic E-state index is 0.0169. The summed E-state index contributed by atoms with van der Waals surface area (Å²) in [6.45, 7) is 2.57. The lowest BCUT2D eigenvalue weighted by molar-refractivity contribution is -0.120. The van der Waals surface area contributed by atoms with E-state index in [0.29, 0.717) is 18.0 Å². The Morgan fingerprint density at radius 1 is 1.50 bits per heavy atom. The Balaban J connectivity index is 2.46. The summed E-state index contributed by atoms with van der Waals surface area (Å²) in [6, 6.07) is 8.76. The summed E-state index contributed by atoms with van der Waals surface area (Å²) in [4.78, 5) is 11.5. The summed E-state index contributed by atoms with van der Waals surface area (Å²) in [5, 5.41) is 11.1. The van der Waals surface area contributed by atoms with Crippen molar-refractivity contribution in [2.24, 2.45) is 0 Å². The average Bonchev–Trinajstić information content (AvgIpc) is 2.37. The predicted octanol–water partition coefficient (Wildman–Crippen LogP) is 1.95. The van der Waals surface area contributed by atoms with Crippen LogP contribution in [0.3, 0.4) is 0 Å². The van der Waals surface area contributed by atoms with E-state index in [4.69, 9.17) is 14.7 Å². The van der Waals surface area contributed by atoms with E-state index >= 15 is 0 Å². The first-order chi connectivity index (χ1) is 8.76. The molecule has 18 heavy (non-hydrogen) atoms. The number of nitriles is 1. The van der Waals surface area contributed by atoms with Crippen molar-refractivity contribution < 1.29 is 14.3 Å². The van der Waals surface area contributed by atoms with E-state index in [0.717, 1.165) is 6.42 Å². The molecule has 0 atom stereocenters. The number of amides is 1. The molecule has 0 aliphatic heterocycles. The summed E-state index contributed by atoms with van der Waals surface area (Å²) in [7, 11) is 0. The smallest absolute Gasteiger partial charge is 0.250 e. The van der Waals surface area contributed by atoms with Crippen LogP contribution in [0.15, 0.2) is 24.3 Å². The molecule has 1 aromatic rings. The van der Waals surface area contributed by atoms with Crippen LogP contribution in [-0.2, 0) is 9.53 Å². The van der Waals surface area contributed by atoms with Gasteiger partial charge in [-0.15, -0.1) is 0 Å². The number of carbonyl (C=O) groups excluding carboxylic acids is 1. The van der Waals surface area contributed by atoms with E-state index in [9.17, 15) is 4.79 Å². The molecule has 0 spiro atoms. The maximum absolute atomic E-state index is 11.5. The van der Waals surface area contributed by atoms with E-state index < -0.39 is 0 Å². The van der Waals surface area contributed by atoms with Gasteiger partial charge in [-0.3, -0.25) is 4.79 Å². The zero-order valence-corrected chi connectivity index (χ0v) is 10.3. The number of nitrogens with one attached hydrogen (secondary N) is 1. The average molecular weight is 248 g/mol. The number of carbonyl (C=O) groups is 1. The molecule has 0 saturated heterocycles. The Labute approximate surface area is 106 Å². The highest BCUT2D eigenvalue weighted by atomic mass is 16.5. The van der Waals surface area contributed by atoms with E-state index in [1.807, 2.05) is 13.0 Å². The van der Waals surface area contributed by atoms with Crippen LogP contribution in [0.5, 0.6) is 5.75 Å². The van der Waals surface area contributed by atoms with Gasteiger partial charge < -0.3 is 14.8 Å². The number of anilines is 1. The molecule has 0 aliphatic carbocycles. The Bertz CT molecular complexity index is 426. The maximum Gasteiger partial charge on any atom is 0.250 e. The molecule has 0 unspecified atom stereocenters. The van der Waals surface area contributed by atoms with Crippen molar-refractivity contribution in [3.8, 4) is 11.8 Å². The standard InChI is InChI=1S/C13H16N2O3/c1-2-7-17-10-13(16)15-11-4-3-5-12(9-11)18-8-6-14/h3-5,9H,2,7-8,10H2,1H3,(H,15,16). The van der Waals surface area contributed by atoms with Crippen molar-refractivity contribution in [3.63, 3.8) is 0 Å². The van der Waals surface area contributed by atoms with Gasteiger partial charge in [0.15, 0.2) is 6.61 Å². The first kappa shape index (κ1) is 14.0. The summed E-state index contributed by atoms with van der Waals surface area (Å²) >= 11 is 0. The second-order valence-corrected chi connectivity index (χ2v) is 3.58. The number of hydrogen-bond acceptors (Lipinski definition) is 4. The number of ether oxygens (including phenoxy) is 2. The van der Waals surface area contributed by atoms with E-state index in [1.54, 1.807) is 24.3 Å². The summed E-state index contributed by atoms with van der Waals surface area (Å²) < 4.78 is 10.3. The van der Waals surface area contributed by atoms with Crippen LogP contribution < -0.4 is 10.1 Å². The zero-order chi connectivity index (χ0) is 13.2. The van der Waals surface area contributed by atoms with Crippen LogP contribution in [0.1, 0.15) is 13.3 Å². The van der Waals surface area contributed by atoms with Gasteiger partial charge in [-0.2, -0.15) is 5.26 Å². The fourth-order valence-electron chi connectivity index (χ4n) is 1.29. The third-order valence-corrected chi connectivity index (χ3v) is 2.00. The molecule has 0 aliphatic rings. The first-order valence-corrected chi connectivity index (χ1v) is 5.73. The van der Waals surface area contributed by atoms with Crippen LogP contribution in [-0.4, -0.2) is 25.7 Å². The van der Waals surface area contributed by atoms with Gasteiger partial charge in [0.1, 0.15) is 18.4 Å². The molecule has 0 radical (unpaired) electrons. The fraction of sp³-hybridized carbons (Fsp3) is 0.385. The molecule has 0 bridgehead atoms. The zero-order valence-electron chi connectivity index (χ0n) is 10.3. The molecule has 0 aromatic heterocycles. The SMILES string of the molecule is CCCOCC(=O)Nc1cccc(OCC#N)c1. The molecule has 0 saturated carbocycles. The molecular formula is C13H16N2O3. The van der Waals surface area contributed by atoms with Crippen molar-refractivity contribution in [2.45, 2.75) is 13.3 Å². The quantitative estimate of drug-likeness (QED) is 0.749. The molecule has 5 heteroatoms. The maximum atomic E-state index is 11.5. The van der Waals surface area contributed by atoms with Gasteiger partial charge in [0, 0.05) is 18.4 Å². The summed E-state index contributed by atoms with van der Waals surface area (Å²) in [6.07, 6.45) is 0.880. The predicted molar refractivity (Wildman–Crippen MR) is 67.3 cm³/mol. The molecule has 1 N–H and O–H groups in total. The number of benzene rings is 1. The highest BCUT2D eigenvalue weighted by Gasteiger charge is 2.03. The largest absolute Gasteiger partial charge is 0.479 e. The van der Waals surface area contributed by atoms with Gasteiger partial charge in [-0.1, -0.05) is 13.0 Å². The van der Waals surface area contributed by atoms with Crippen molar-refractivity contribution in [1.29, 1.82) is 5.26 Å². The molecular weight excluding hydrogens is 232 g/mol. The molecule has 0 fully saturated rings. The van der Waals surface area contributed by atoms with Gasteiger partial charge in [0.25, 0.3) is 0 Å². The number of rotatable bonds is 7. The van der Waals surface area contributed by atoms with Crippen molar-refractivity contribution >= 4 is 11.6 Å². The van der Waals surface area contributed by atoms with Gasteiger partial charge in [-0.05, 0) is 18.6 Å². The Hall–Kier alpha value is -2.06.